The molecule has 0 unspecified atom stereocenters. The fourth-order valence-corrected chi connectivity index (χ4v) is 5.85. The molecule has 0 radical (unpaired) electrons. The maximum absolute atomic E-state index is 13.3. The molecule has 2 aromatic rings. The minimum atomic E-state index is -3.70. The van der Waals surface area contributed by atoms with Crippen molar-refractivity contribution in [2.45, 2.75) is 43.4 Å². The van der Waals surface area contributed by atoms with Crippen LogP contribution in [0, 0.1) is 0 Å². The number of carbonyl (C=O) groups is 2. The topological polar surface area (TPSA) is 96.0 Å². The highest BCUT2D eigenvalue weighted by Crippen LogP contribution is 2.35. The predicted octanol–water partition coefficient (Wildman–Crippen LogP) is 2.90. The highest BCUT2D eigenvalue weighted by atomic mass is 32.2. The zero-order chi connectivity index (χ0) is 24.1. The molecule has 2 aliphatic heterocycles. The number of carbonyl (C=O) groups excluding carboxylic acids is 2. The summed E-state index contributed by atoms with van der Waals surface area (Å²) in [6, 6.07) is 14.4. The van der Waals surface area contributed by atoms with Gasteiger partial charge in [-0.25, -0.2) is 8.42 Å². The van der Waals surface area contributed by atoms with Gasteiger partial charge < -0.3 is 10.1 Å². The van der Waals surface area contributed by atoms with Crippen LogP contribution < -0.4 is 15.0 Å². The van der Waals surface area contributed by atoms with E-state index in [1.807, 2.05) is 37.3 Å². The van der Waals surface area contributed by atoms with Gasteiger partial charge in [0.1, 0.15) is 12.3 Å². The van der Waals surface area contributed by atoms with Crippen molar-refractivity contribution >= 4 is 27.5 Å². The van der Waals surface area contributed by atoms with Gasteiger partial charge in [-0.3, -0.25) is 14.5 Å². The van der Waals surface area contributed by atoms with Gasteiger partial charge in [-0.2, -0.15) is 4.31 Å². The van der Waals surface area contributed by atoms with Gasteiger partial charge in [0.25, 0.3) is 5.91 Å². The van der Waals surface area contributed by atoms with Crippen LogP contribution in [0.3, 0.4) is 0 Å². The van der Waals surface area contributed by atoms with Crippen molar-refractivity contribution in [3.63, 3.8) is 0 Å². The zero-order valence-corrected chi connectivity index (χ0v) is 20.2. The molecule has 2 amide bonds. The molecule has 0 spiro atoms. The van der Waals surface area contributed by atoms with Crippen LogP contribution in [0.4, 0.5) is 5.69 Å². The molecule has 1 saturated heterocycles. The summed E-state index contributed by atoms with van der Waals surface area (Å²) in [7, 11) is -3.70. The monoisotopic (exact) mass is 485 g/mol. The first-order valence-corrected chi connectivity index (χ1v) is 13.2. The smallest absolute Gasteiger partial charge is 0.265 e. The molecule has 2 aromatic carbocycles. The standard InChI is InChI=1S/C25H31N3O5S/c1-19(20-9-5-4-6-10-20)16-26-24(29)17-28-22-15-21(11-12-23(22)33-18-25(28)30)34(31,32)27-13-7-2-3-8-14-27/h4-6,9-12,15,19H,2-3,7-8,13-14,16-18H2,1H3,(H,26,29)/t19-/m1/s1. The fraction of sp³-hybridized carbons (Fsp3) is 0.440. The molecular formula is C25H31N3O5S. The number of ether oxygens (including phenoxy) is 1. The maximum atomic E-state index is 13.3. The van der Waals surface area contributed by atoms with E-state index in [0.717, 1.165) is 31.2 Å². The van der Waals surface area contributed by atoms with Crippen molar-refractivity contribution in [2.24, 2.45) is 0 Å². The van der Waals surface area contributed by atoms with Crippen molar-refractivity contribution in [3.05, 3.63) is 54.1 Å². The number of hydrogen-bond acceptors (Lipinski definition) is 5. The third kappa shape index (κ3) is 5.42. The second-order valence-corrected chi connectivity index (χ2v) is 10.8. The van der Waals surface area contributed by atoms with Crippen LogP contribution in [0.15, 0.2) is 53.4 Å². The van der Waals surface area contributed by atoms with Crippen molar-refractivity contribution in [2.75, 3.05) is 37.7 Å². The summed E-state index contributed by atoms with van der Waals surface area (Å²) in [5, 5.41) is 2.88. The minimum absolute atomic E-state index is 0.106. The van der Waals surface area contributed by atoms with Gasteiger partial charge >= 0.3 is 0 Å². The Labute approximate surface area is 200 Å². The highest BCUT2D eigenvalue weighted by Gasteiger charge is 2.31. The second kappa shape index (κ2) is 10.6. The van der Waals surface area contributed by atoms with Crippen LogP contribution in [0.2, 0.25) is 0 Å². The van der Waals surface area contributed by atoms with Crippen LogP contribution in [-0.4, -0.2) is 57.3 Å². The Hall–Kier alpha value is -2.91. The first-order chi connectivity index (χ1) is 16.4. The summed E-state index contributed by atoms with van der Waals surface area (Å²) in [6.45, 7) is 3.02. The van der Waals surface area contributed by atoms with Crippen molar-refractivity contribution in [1.82, 2.24) is 9.62 Å². The molecule has 0 aromatic heterocycles. The van der Waals surface area contributed by atoms with Crippen molar-refractivity contribution in [3.8, 4) is 5.75 Å². The lowest BCUT2D eigenvalue weighted by Gasteiger charge is -2.30. The predicted molar refractivity (Wildman–Crippen MR) is 129 cm³/mol. The van der Waals surface area contributed by atoms with E-state index >= 15 is 0 Å². The van der Waals surface area contributed by atoms with Crippen LogP contribution >= 0.6 is 0 Å². The van der Waals surface area contributed by atoms with Gasteiger partial charge in [0.2, 0.25) is 15.9 Å². The van der Waals surface area contributed by atoms with Gasteiger partial charge in [0.05, 0.1) is 10.6 Å². The average molecular weight is 486 g/mol. The number of nitrogens with one attached hydrogen (secondary N) is 1. The largest absolute Gasteiger partial charge is 0.482 e. The van der Waals surface area contributed by atoms with E-state index < -0.39 is 10.0 Å². The zero-order valence-electron chi connectivity index (χ0n) is 19.4. The molecule has 0 saturated carbocycles. The number of fused-ring (bicyclic) bond motifs is 1. The van der Waals surface area contributed by atoms with E-state index in [-0.39, 0.29) is 35.8 Å². The van der Waals surface area contributed by atoms with Gasteiger partial charge in [0, 0.05) is 19.6 Å². The average Bonchev–Trinajstić information content (AvgIpc) is 3.15. The highest BCUT2D eigenvalue weighted by molar-refractivity contribution is 7.89. The van der Waals surface area contributed by atoms with Gasteiger partial charge in [-0.1, -0.05) is 50.1 Å². The van der Waals surface area contributed by atoms with Crippen molar-refractivity contribution < 1.29 is 22.7 Å². The van der Waals surface area contributed by atoms with Crippen LogP contribution in [0.25, 0.3) is 0 Å². The number of rotatable bonds is 7. The molecule has 1 N–H and O–H groups in total. The van der Waals surface area contributed by atoms with Gasteiger partial charge in [-0.05, 0) is 42.5 Å². The Morgan fingerprint density at radius 3 is 2.47 bits per heavy atom. The third-order valence-electron chi connectivity index (χ3n) is 6.35. The summed E-state index contributed by atoms with van der Waals surface area (Å²) in [4.78, 5) is 26.7. The van der Waals surface area contributed by atoms with E-state index in [9.17, 15) is 18.0 Å². The Bertz CT molecular complexity index is 1130. The summed E-state index contributed by atoms with van der Waals surface area (Å²) in [5.74, 6) is -0.198. The molecular weight excluding hydrogens is 454 g/mol. The Kier molecular flexibility index (Phi) is 7.53. The van der Waals surface area contributed by atoms with Crippen LogP contribution in [0.1, 0.15) is 44.1 Å². The summed E-state index contributed by atoms with van der Waals surface area (Å²) in [5.41, 5.74) is 1.41. The van der Waals surface area contributed by atoms with E-state index in [0.29, 0.717) is 31.1 Å². The lowest BCUT2D eigenvalue weighted by molar-refractivity contribution is -0.125. The third-order valence-corrected chi connectivity index (χ3v) is 8.25. The van der Waals surface area contributed by atoms with Crippen LogP contribution in [-0.2, 0) is 19.6 Å². The summed E-state index contributed by atoms with van der Waals surface area (Å²) >= 11 is 0. The molecule has 1 atom stereocenters. The number of hydrogen-bond donors (Lipinski definition) is 1. The number of nitrogens with zero attached hydrogens (tertiary/aromatic N) is 2. The minimum Gasteiger partial charge on any atom is -0.482 e. The molecule has 8 nitrogen and oxygen atoms in total. The molecule has 2 heterocycles. The van der Waals surface area contributed by atoms with Crippen molar-refractivity contribution in [1.29, 1.82) is 0 Å². The molecule has 182 valence electrons. The Morgan fingerprint density at radius 2 is 1.76 bits per heavy atom. The van der Waals surface area contributed by atoms with Gasteiger partial charge in [-0.15, -0.1) is 0 Å². The van der Waals surface area contributed by atoms with Gasteiger partial charge in [0.15, 0.2) is 6.61 Å². The molecule has 0 bridgehead atoms. The van der Waals surface area contributed by atoms with E-state index in [2.05, 4.69) is 5.32 Å². The van der Waals surface area contributed by atoms with E-state index in [1.54, 1.807) is 6.07 Å². The van der Waals surface area contributed by atoms with E-state index in [1.165, 1.54) is 21.3 Å². The number of anilines is 1. The molecule has 1 fully saturated rings. The lowest BCUT2D eigenvalue weighted by atomic mass is 10.0. The molecule has 0 aliphatic carbocycles. The summed E-state index contributed by atoms with van der Waals surface area (Å²) in [6.07, 6.45) is 3.70. The number of benzene rings is 2. The normalized spacial score (nSPS) is 17.9. The second-order valence-electron chi connectivity index (χ2n) is 8.83. The first-order valence-electron chi connectivity index (χ1n) is 11.8. The lowest BCUT2D eigenvalue weighted by Crippen LogP contribution is -2.45. The van der Waals surface area contributed by atoms with E-state index in [4.69, 9.17) is 4.74 Å². The molecule has 4 rings (SSSR count). The fourth-order valence-electron chi connectivity index (χ4n) is 4.31. The van der Waals surface area contributed by atoms with Crippen LogP contribution in [0.5, 0.6) is 5.75 Å². The SMILES string of the molecule is C[C@H](CNC(=O)CN1C(=O)COc2ccc(S(=O)(=O)N3CCCCCC3)cc21)c1ccccc1. The Balaban J connectivity index is 1.49. The number of sulfonamides is 1. The molecule has 9 heteroatoms. The first kappa shape index (κ1) is 24.2. The molecule has 34 heavy (non-hydrogen) atoms. The number of amides is 2. The quantitative estimate of drug-likeness (QED) is 0.651. The summed E-state index contributed by atoms with van der Waals surface area (Å²) < 4.78 is 33.5. The molecule has 2 aliphatic rings. The maximum Gasteiger partial charge on any atom is 0.265 e. The Morgan fingerprint density at radius 1 is 1.06 bits per heavy atom.